The molecule has 1 saturated carbocycles. The minimum atomic E-state index is -3.44. The van der Waals surface area contributed by atoms with E-state index in [-0.39, 0.29) is 40.6 Å². The highest BCUT2D eigenvalue weighted by molar-refractivity contribution is 7.91. The quantitative estimate of drug-likeness (QED) is 0.117. The minimum absolute atomic E-state index is 0.0525. The van der Waals surface area contributed by atoms with Crippen molar-refractivity contribution in [2.24, 2.45) is 5.92 Å². The van der Waals surface area contributed by atoms with E-state index in [0.29, 0.717) is 22.4 Å². The Kier molecular flexibility index (Phi) is 10.0. The lowest BCUT2D eigenvalue weighted by molar-refractivity contribution is 0.0600. The fourth-order valence-electron chi connectivity index (χ4n) is 6.18. The van der Waals surface area contributed by atoms with Gasteiger partial charge in [-0.3, -0.25) is 9.59 Å². The third kappa shape index (κ3) is 8.08. The number of aryl methyl sites for hydroxylation is 3. The molecule has 2 aliphatic rings. The highest BCUT2D eigenvalue weighted by Gasteiger charge is 2.30. The second-order valence-electron chi connectivity index (χ2n) is 12.6. The fourth-order valence-corrected chi connectivity index (χ4v) is 9.31. The van der Waals surface area contributed by atoms with Crippen LogP contribution in [0.15, 0.2) is 77.7 Å². The number of sulfone groups is 1. The lowest BCUT2D eigenvalue weighted by Gasteiger charge is -2.13. The Morgan fingerprint density at radius 1 is 0.872 bits per heavy atom. The SMILES string of the molecule is COC(=O)c1ccc(CCCc2ccc(NC(=O)c3c(CC(=O)c4cccc(S(=O)(=O)CC5CC5)c4)sc4c3CCCC4)cc2)cc1. The first-order valence-corrected chi connectivity index (χ1v) is 18.7. The summed E-state index contributed by atoms with van der Waals surface area (Å²) in [5, 5.41) is 3.07. The number of nitrogens with one attached hydrogen (secondary N) is 1. The number of thiophene rings is 1. The van der Waals surface area contributed by atoms with Crippen LogP contribution in [0.3, 0.4) is 0 Å². The number of benzene rings is 3. The van der Waals surface area contributed by atoms with Gasteiger partial charge in [0.15, 0.2) is 15.6 Å². The Bertz CT molecular complexity index is 1890. The largest absolute Gasteiger partial charge is 0.465 e. The molecule has 1 amide bonds. The van der Waals surface area contributed by atoms with Crippen LogP contribution < -0.4 is 5.32 Å². The molecule has 2 aliphatic carbocycles. The predicted octanol–water partition coefficient (Wildman–Crippen LogP) is 7.45. The van der Waals surface area contributed by atoms with Crippen molar-refractivity contribution in [2.45, 2.75) is 69.1 Å². The maximum Gasteiger partial charge on any atom is 0.337 e. The van der Waals surface area contributed by atoms with E-state index >= 15 is 0 Å². The summed E-state index contributed by atoms with van der Waals surface area (Å²) in [7, 11) is -2.07. The summed E-state index contributed by atoms with van der Waals surface area (Å²) in [6.45, 7) is 0. The molecule has 0 bridgehead atoms. The molecule has 1 fully saturated rings. The molecule has 3 aromatic carbocycles. The molecule has 0 radical (unpaired) electrons. The normalized spacial score (nSPS) is 14.3. The van der Waals surface area contributed by atoms with Crippen LogP contribution in [0.5, 0.6) is 0 Å². The van der Waals surface area contributed by atoms with Gasteiger partial charge in [-0.2, -0.15) is 0 Å². The number of ether oxygens (including phenoxy) is 1. The Labute approximate surface area is 280 Å². The van der Waals surface area contributed by atoms with Crippen LogP contribution in [-0.2, 0) is 46.7 Å². The summed E-state index contributed by atoms with van der Waals surface area (Å²) in [5.74, 6) is -0.395. The van der Waals surface area contributed by atoms with Crippen LogP contribution >= 0.6 is 11.3 Å². The summed E-state index contributed by atoms with van der Waals surface area (Å²) in [6.07, 6.45) is 8.39. The molecule has 1 N–H and O–H groups in total. The number of methoxy groups -OCH3 is 1. The van der Waals surface area contributed by atoms with Crippen LogP contribution in [0, 0.1) is 5.92 Å². The van der Waals surface area contributed by atoms with Gasteiger partial charge in [0.25, 0.3) is 5.91 Å². The van der Waals surface area contributed by atoms with Gasteiger partial charge >= 0.3 is 5.97 Å². The van der Waals surface area contributed by atoms with Gasteiger partial charge in [-0.1, -0.05) is 36.4 Å². The third-order valence-corrected chi connectivity index (χ3v) is 12.2. The summed E-state index contributed by atoms with van der Waals surface area (Å²) < 4.78 is 30.5. The molecule has 7 nitrogen and oxygen atoms in total. The smallest absolute Gasteiger partial charge is 0.337 e. The van der Waals surface area contributed by atoms with E-state index in [1.54, 1.807) is 41.7 Å². The molecule has 0 unspecified atom stereocenters. The minimum Gasteiger partial charge on any atom is -0.465 e. The van der Waals surface area contributed by atoms with Crippen molar-refractivity contribution in [3.8, 4) is 0 Å². The van der Waals surface area contributed by atoms with Crippen molar-refractivity contribution in [1.82, 2.24) is 0 Å². The molecule has 0 saturated heterocycles. The Morgan fingerprint density at radius 2 is 1.55 bits per heavy atom. The number of carbonyl (C=O) groups excluding carboxylic acids is 3. The molecule has 0 atom stereocenters. The Hall–Kier alpha value is -4.08. The zero-order valence-corrected chi connectivity index (χ0v) is 28.2. The lowest BCUT2D eigenvalue weighted by atomic mass is 9.93. The number of fused-ring (bicyclic) bond motifs is 1. The van der Waals surface area contributed by atoms with Gasteiger partial charge in [0.1, 0.15) is 0 Å². The predicted molar refractivity (Wildman–Crippen MR) is 184 cm³/mol. The van der Waals surface area contributed by atoms with Crippen LogP contribution in [0.4, 0.5) is 5.69 Å². The van der Waals surface area contributed by atoms with Gasteiger partial charge in [0.2, 0.25) is 0 Å². The number of Topliss-reactive ketones (excluding diaryl/α,β-unsaturated/α-hetero) is 1. The molecule has 1 heterocycles. The van der Waals surface area contributed by atoms with E-state index in [2.05, 4.69) is 5.32 Å². The standard InChI is InChI=1S/C38H39NO6S2/c1-45-38(42)28-18-14-25(15-19-28)6-4-7-26-16-20-30(21-17-26)39-37(41)36-32-10-2-3-11-34(32)46-35(36)23-33(40)29-8-5-9-31(22-29)47(43,44)24-27-12-13-27/h5,8-9,14-22,27H,2-4,6-7,10-13,23-24H2,1H3,(H,39,41). The summed E-state index contributed by atoms with van der Waals surface area (Å²) in [4.78, 5) is 41.0. The van der Waals surface area contributed by atoms with Gasteiger partial charge in [-0.05, 0) is 117 Å². The van der Waals surface area contributed by atoms with Crippen molar-refractivity contribution in [1.29, 1.82) is 0 Å². The van der Waals surface area contributed by atoms with E-state index in [0.717, 1.165) is 79.4 Å². The van der Waals surface area contributed by atoms with Crippen molar-refractivity contribution in [3.05, 3.63) is 116 Å². The average Bonchev–Trinajstić information content (AvgIpc) is 3.81. The van der Waals surface area contributed by atoms with Crippen LogP contribution in [0.1, 0.15) is 89.6 Å². The van der Waals surface area contributed by atoms with Crippen molar-refractivity contribution >= 4 is 44.5 Å². The van der Waals surface area contributed by atoms with Crippen molar-refractivity contribution in [3.63, 3.8) is 0 Å². The molecule has 1 aromatic heterocycles. The van der Waals surface area contributed by atoms with Crippen LogP contribution in [0.25, 0.3) is 0 Å². The monoisotopic (exact) mass is 669 g/mol. The first-order chi connectivity index (χ1) is 22.7. The zero-order valence-electron chi connectivity index (χ0n) is 26.5. The van der Waals surface area contributed by atoms with Crippen LogP contribution in [-0.4, -0.2) is 38.9 Å². The summed E-state index contributed by atoms with van der Waals surface area (Å²) >= 11 is 1.54. The second-order valence-corrected chi connectivity index (χ2v) is 15.8. The molecule has 9 heteroatoms. The molecular weight excluding hydrogens is 631 g/mol. The highest BCUT2D eigenvalue weighted by Crippen LogP contribution is 2.36. The van der Waals surface area contributed by atoms with Gasteiger partial charge in [-0.15, -0.1) is 11.3 Å². The maximum absolute atomic E-state index is 13.8. The maximum atomic E-state index is 13.8. The molecule has 4 aromatic rings. The first-order valence-electron chi connectivity index (χ1n) is 16.3. The number of hydrogen-bond donors (Lipinski definition) is 1. The van der Waals surface area contributed by atoms with Gasteiger partial charge in [0, 0.05) is 27.4 Å². The Balaban J connectivity index is 1.11. The van der Waals surface area contributed by atoms with Gasteiger partial charge in [0.05, 0.1) is 28.9 Å². The van der Waals surface area contributed by atoms with E-state index in [1.165, 1.54) is 18.1 Å². The first kappa shape index (κ1) is 32.8. The van der Waals surface area contributed by atoms with E-state index in [4.69, 9.17) is 4.74 Å². The van der Waals surface area contributed by atoms with E-state index in [9.17, 15) is 22.8 Å². The number of ketones is 1. The van der Waals surface area contributed by atoms with E-state index in [1.807, 2.05) is 36.4 Å². The molecule has 0 aliphatic heterocycles. The zero-order chi connectivity index (χ0) is 33.0. The number of anilines is 1. The van der Waals surface area contributed by atoms with Crippen molar-refractivity contribution < 1.29 is 27.5 Å². The van der Waals surface area contributed by atoms with Gasteiger partial charge in [-0.25, -0.2) is 13.2 Å². The summed E-state index contributed by atoms with van der Waals surface area (Å²) in [6, 6.07) is 21.7. The third-order valence-electron chi connectivity index (χ3n) is 8.98. The Morgan fingerprint density at radius 3 is 2.23 bits per heavy atom. The molecule has 0 spiro atoms. The average molecular weight is 670 g/mol. The molecular formula is C38H39NO6S2. The van der Waals surface area contributed by atoms with E-state index < -0.39 is 9.84 Å². The lowest BCUT2D eigenvalue weighted by Crippen LogP contribution is -2.17. The number of esters is 1. The fraction of sp³-hybridized carbons (Fsp3) is 0.342. The summed E-state index contributed by atoms with van der Waals surface area (Å²) in [5.41, 5.74) is 5.54. The second kappa shape index (κ2) is 14.4. The number of carbonyl (C=O) groups is 3. The topological polar surface area (TPSA) is 107 Å². The highest BCUT2D eigenvalue weighted by atomic mass is 32.2. The van der Waals surface area contributed by atoms with Gasteiger partial charge < -0.3 is 10.1 Å². The number of rotatable bonds is 13. The molecule has 47 heavy (non-hydrogen) atoms. The number of hydrogen-bond acceptors (Lipinski definition) is 7. The molecule has 244 valence electrons. The van der Waals surface area contributed by atoms with Crippen LogP contribution in [0.2, 0.25) is 0 Å². The number of amides is 1. The van der Waals surface area contributed by atoms with Crippen molar-refractivity contribution in [2.75, 3.05) is 18.2 Å². The molecule has 6 rings (SSSR count).